The van der Waals surface area contributed by atoms with E-state index >= 15 is 0 Å². The molecule has 0 bridgehead atoms. The van der Waals surface area contributed by atoms with Gasteiger partial charge < -0.3 is 10.2 Å². The molecule has 0 heterocycles. The molecule has 0 amide bonds. The Morgan fingerprint density at radius 1 is 1.00 bits per heavy atom. The molecule has 2 unspecified atom stereocenters. The van der Waals surface area contributed by atoms with Crippen LogP contribution in [0, 0.1) is 12.8 Å². The van der Waals surface area contributed by atoms with Gasteiger partial charge in [-0.25, -0.2) is 0 Å². The lowest BCUT2D eigenvalue weighted by molar-refractivity contribution is 0.318. The van der Waals surface area contributed by atoms with Crippen molar-refractivity contribution in [1.29, 1.82) is 0 Å². The van der Waals surface area contributed by atoms with Crippen molar-refractivity contribution in [3.05, 3.63) is 33.9 Å². The molecule has 0 aliphatic heterocycles. The predicted octanol–water partition coefficient (Wildman–Crippen LogP) is 5.48. The predicted molar refractivity (Wildman–Crippen MR) is 90.9 cm³/mol. The molecule has 2 N–H and O–H groups in total. The molecule has 120 valence electrons. The first kappa shape index (κ1) is 15.5. The van der Waals surface area contributed by atoms with Crippen LogP contribution in [0.15, 0.2) is 11.6 Å². The van der Waals surface area contributed by atoms with Crippen molar-refractivity contribution in [3.63, 3.8) is 0 Å². The molecule has 0 saturated heterocycles. The third kappa shape index (κ3) is 2.15. The fraction of sp³-hybridized carbons (Fsp3) is 0.600. The summed E-state index contributed by atoms with van der Waals surface area (Å²) < 4.78 is 0. The first-order valence-electron chi connectivity index (χ1n) is 8.56. The van der Waals surface area contributed by atoms with Crippen LogP contribution in [0.25, 0.3) is 0 Å². The number of hydrogen-bond donors (Lipinski definition) is 2. The summed E-state index contributed by atoms with van der Waals surface area (Å²) in [6.45, 7) is 10.8. The summed E-state index contributed by atoms with van der Waals surface area (Å²) in [5.74, 6) is 2.09. The number of phenolic OH excluding ortho intramolecular Hbond substituents is 2. The van der Waals surface area contributed by atoms with Crippen molar-refractivity contribution in [1.82, 2.24) is 0 Å². The molecule has 0 saturated carbocycles. The lowest BCUT2D eigenvalue weighted by Gasteiger charge is -2.43. The van der Waals surface area contributed by atoms with E-state index in [1.54, 1.807) is 0 Å². The van der Waals surface area contributed by atoms with E-state index in [2.05, 4.69) is 33.8 Å². The summed E-state index contributed by atoms with van der Waals surface area (Å²) in [7, 11) is 0. The molecular formula is C20H28O2. The van der Waals surface area contributed by atoms with E-state index in [0.29, 0.717) is 23.7 Å². The minimum Gasteiger partial charge on any atom is -0.504 e. The van der Waals surface area contributed by atoms with Gasteiger partial charge in [-0.1, -0.05) is 25.5 Å². The van der Waals surface area contributed by atoms with Crippen molar-refractivity contribution in [2.75, 3.05) is 0 Å². The summed E-state index contributed by atoms with van der Waals surface area (Å²) >= 11 is 0. The summed E-state index contributed by atoms with van der Waals surface area (Å²) in [4.78, 5) is 0. The Kier molecular flexibility index (Phi) is 3.74. The molecule has 2 heteroatoms. The Hall–Kier alpha value is -1.44. The van der Waals surface area contributed by atoms with Gasteiger partial charge in [0.2, 0.25) is 0 Å². The molecule has 0 radical (unpaired) electrons. The van der Waals surface area contributed by atoms with Gasteiger partial charge in [0, 0.05) is 11.5 Å². The number of aromatic hydroxyl groups is 2. The highest BCUT2D eigenvalue weighted by molar-refractivity contribution is 5.63. The van der Waals surface area contributed by atoms with Crippen LogP contribution in [-0.2, 0) is 0 Å². The van der Waals surface area contributed by atoms with Gasteiger partial charge in [-0.2, -0.15) is 0 Å². The summed E-state index contributed by atoms with van der Waals surface area (Å²) in [6.07, 6.45) is 5.78. The number of benzene rings is 1. The van der Waals surface area contributed by atoms with E-state index in [0.717, 1.165) is 24.0 Å². The minimum absolute atomic E-state index is 0.1000. The molecule has 1 aromatic carbocycles. The van der Waals surface area contributed by atoms with Crippen molar-refractivity contribution in [2.24, 2.45) is 5.92 Å². The smallest absolute Gasteiger partial charge is 0.161 e. The SMILES string of the molecule is CC(C)=CC1C[C@H](C)[C@H]2CCC(C)c3c(O)c(O)c(C)c1c32. The number of phenols is 2. The first-order chi connectivity index (χ1) is 10.3. The monoisotopic (exact) mass is 300 g/mol. The molecular weight excluding hydrogens is 272 g/mol. The highest BCUT2D eigenvalue weighted by atomic mass is 16.3. The second-order valence-electron chi connectivity index (χ2n) is 7.71. The maximum absolute atomic E-state index is 10.5. The van der Waals surface area contributed by atoms with E-state index in [1.807, 2.05) is 6.92 Å². The Labute approximate surface area is 133 Å². The quantitative estimate of drug-likeness (QED) is 0.533. The molecule has 2 aliphatic carbocycles. The van der Waals surface area contributed by atoms with Crippen molar-refractivity contribution in [3.8, 4) is 11.5 Å². The molecule has 4 atom stereocenters. The first-order valence-corrected chi connectivity index (χ1v) is 8.56. The zero-order valence-corrected chi connectivity index (χ0v) is 14.4. The van der Waals surface area contributed by atoms with Crippen LogP contribution in [0.4, 0.5) is 0 Å². The van der Waals surface area contributed by atoms with Gasteiger partial charge in [-0.3, -0.25) is 0 Å². The van der Waals surface area contributed by atoms with Gasteiger partial charge in [-0.05, 0) is 74.5 Å². The largest absolute Gasteiger partial charge is 0.504 e. The molecule has 0 fully saturated rings. The van der Waals surface area contributed by atoms with Gasteiger partial charge in [0.1, 0.15) is 0 Å². The van der Waals surface area contributed by atoms with E-state index in [4.69, 9.17) is 0 Å². The van der Waals surface area contributed by atoms with Gasteiger partial charge in [0.25, 0.3) is 0 Å². The van der Waals surface area contributed by atoms with Crippen molar-refractivity contribution in [2.45, 2.75) is 71.6 Å². The topological polar surface area (TPSA) is 40.5 Å². The summed E-state index contributed by atoms with van der Waals surface area (Å²) in [5.41, 5.74) is 5.87. The number of allylic oxidation sites excluding steroid dienone is 2. The fourth-order valence-corrected chi connectivity index (χ4v) is 4.81. The highest BCUT2D eigenvalue weighted by Gasteiger charge is 2.40. The molecule has 2 nitrogen and oxygen atoms in total. The van der Waals surface area contributed by atoms with Crippen LogP contribution in [0.3, 0.4) is 0 Å². The van der Waals surface area contributed by atoms with Crippen LogP contribution in [0.5, 0.6) is 11.5 Å². The molecule has 1 aromatic rings. The maximum atomic E-state index is 10.5. The average molecular weight is 300 g/mol. The second-order valence-corrected chi connectivity index (χ2v) is 7.71. The number of hydrogen-bond acceptors (Lipinski definition) is 2. The van der Waals surface area contributed by atoms with Crippen LogP contribution in [-0.4, -0.2) is 10.2 Å². The third-order valence-electron chi connectivity index (χ3n) is 5.81. The number of rotatable bonds is 1. The Morgan fingerprint density at radius 3 is 2.32 bits per heavy atom. The van der Waals surface area contributed by atoms with Crippen molar-refractivity contribution < 1.29 is 10.2 Å². The Morgan fingerprint density at radius 2 is 1.68 bits per heavy atom. The molecule has 0 spiro atoms. The normalized spacial score (nSPS) is 29.9. The van der Waals surface area contributed by atoms with Crippen LogP contribution in [0.2, 0.25) is 0 Å². The lowest BCUT2D eigenvalue weighted by atomic mass is 9.62. The summed E-state index contributed by atoms with van der Waals surface area (Å²) in [5, 5.41) is 21.0. The zero-order valence-electron chi connectivity index (χ0n) is 14.4. The zero-order chi connectivity index (χ0) is 16.2. The lowest BCUT2D eigenvalue weighted by Crippen LogP contribution is -2.28. The standard InChI is InChI=1S/C20H28O2/c1-10(2)8-14-9-12(4)15-7-6-11(3)16-18(15)17(14)13(5)19(21)20(16)22/h8,11-12,14-15,21-22H,6-7,9H2,1-5H3/t11?,12-,14?,15+/m0/s1. The minimum atomic E-state index is 0.1000. The van der Waals surface area contributed by atoms with Gasteiger partial charge >= 0.3 is 0 Å². The van der Waals surface area contributed by atoms with Crippen LogP contribution in [0.1, 0.15) is 87.0 Å². The van der Waals surface area contributed by atoms with E-state index in [-0.39, 0.29) is 11.5 Å². The average Bonchev–Trinajstić information content (AvgIpc) is 2.43. The van der Waals surface area contributed by atoms with E-state index < -0.39 is 0 Å². The van der Waals surface area contributed by atoms with Crippen LogP contribution < -0.4 is 0 Å². The molecule has 3 rings (SSSR count). The van der Waals surface area contributed by atoms with E-state index in [1.165, 1.54) is 23.1 Å². The fourth-order valence-electron chi connectivity index (χ4n) is 4.81. The molecule has 0 aromatic heterocycles. The Balaban J connectivity index is 2.33. The summed E-state index contributed by atoms with van der Waals surface area (Å²) in [6, 6.07) is 0. The molecule has 22 heavy (non-hydrogen) atoms. The van der Waals surface area contributed by atoms with Gasteiger partial charge in [0.15, 0.2) is 11.5 Å². The maximum Gasteiger partial charge on any atom is 0.161 e. The van der Waals surface area contributed by atoms with Gasteiger partial charge in [0.05, 0.1) is 0 Å². The van der Waals surface area contributed by atoms with E-state index in [9.17, 15) is 10.2 Å². The van der Waals surface area contributed by atoms with Crippen LogP contribution >= 0.6 is 0 Å². The Bertz CT molecular complexity index is 638. The third-order valence-corrected chi connectivity index (χ3v) is 5.81. The van der Waals surface area contributed by atoms with Crippen molar-refractivity contribution >= 4 is 0 Å². The highest BCUT2D eigenvalue weighted by Crippen LogP contribution is 2.57. The molecule has 2 aliphatic rings. The second kappa shape index (κ2) is 5.33. The van der Waals surface area contributed by atoms with Gasteiger partial charge in [-0.15, -0.1) is 0 Å².